The van der Waals surface area contributed by atoms with E-state index < -0.39 is 5.41 Å². The molecular weight excluding hydrogens is 406 g/mol. The van der Waals surface area contributed by atoms with Crippen LogP contribution in [0.5, 0.6) is 0 Å². The van der Waals surface area contributed by atoms with Crippen molar-refractivity contribution in [3.05, 3.63) is 72.9 Å². The maximum Gasteiger partial charge on any atom is 0.227 e. The van der Waals surface area contributed by atoms with E-state index in [0.29, 0.717) is 6.42 Å². The number of benzene rings is 1. The van der Waals surface area contributed by atoms with Crippen LogP contribution in [0.25, 0.3) is 0 Å². The summed E-state index contributed by atoms with van der Waals surface area (Å²) in [5.74, 6) is 0.744. The zero-order valence-corrected chi connectivity index (χ0v) is 20.6. The van der Waals surface area contributed by atoms with Gasteiger partial charge in [0.15, 0.2) is 5.78 Å². The van der Waals surface area contributed by atoms with Crippen LogP contribution in [-0.2, 0) is 9.59 Å². The van der Waals surface area contributed by atoms with Gasteiger partial charge in [-0.05, 0) is 56.4 Å². The van der Waals surface area contributed by atoms with E-state index in [2.05, 4.69) is 44.8 Å². The molecule has 4 rings (SSSR count). The van der Waals surface area contributed by atoms with Crippen LogP contribution in [0.15, 0.2) is 72.9 Å². The lowest BCUT2D eigenvalue weighted by Gasteiger charge is -2.50. The highest BCUT2D eigenvalue weighted by atomic mass is 16.2. The van der Waals surface area contributed by atoms with Crippen molar-refractivity contribution in [2.24, 2.45) is 29.1 Å². The molecule has 1 N–H and O–H groups in total. The van der Waals surface area contributed by atoms with E-state index >= 15 is 0 Å². The summed E-state index contributed by atoms with van der Waals surface area (Å²) in [4.78, 5) is 26.2. The highest BCUT2D eigenvalue weighted by molar-refractivity contribution is 5.97. The summed E-state index contributed by atoms with van der Waals surface area (Å²) in [5.41, 5.74) is 0.569. The predicted octanol–water partition coefficient (Wildman–Crippen LogP) is 6.68. The van der Waals surface area contributed by atoms with Gasteiger partial charge in [-0.3, -0.25) is 9.59 Å². The van der Waals surface area contributed by atoms with Gasteiger partial charge in [-0.15, -0.1) is 0 Å². The summed E-state index contributed by atoms with van der Waals surface area (Å²) in [6.07, 6.45) is 15.3. The maximum atomic E-state index is 13.3. The van der Waals surface area contributed by atoms with Crippen LogP contribution < -0.4 is 5.32 Å². The smallest absolute Gasteiger partial charge is 0.227 e. The van der Waals surface area contributed by atoms with Crippen molar-refractivity contribution >= 4 is 11.7 Å². The van der Waals surface area contributed by atoms with Crippen molar-refractivity contribution < 1.29 is 9.59 Å². The van der Waals surface area contributed by atoms with Crippen molar-refractivity contribution in [2.45, 2.75) is 71.8 Å². The van der Waals surface area contributed by atoms with E-state index in [1.54, 1.807) is 6.08 Å². The minimum atomic E-state index is -0.651. The van der Waals surface area contributed by atoms with Gasteiger partial charge < -0.3 is 5.32 Å². The molecular formula is C30H41NO2. The monoisotopic (exact) mass is 447 g/mol. The minimum Gasteiger partial charge on any atom is -0.353 e. The number of rotatable bonds is 0. The second-order valence-electron chi connectivity index (χ2n) is 10.1. The molecule has 1 spiro atoms. The molecule has 1 heterocycles. The molecule has 1 aromatic rings. The van der Waals surface area contributed by atoms with Gasteiger partial charge in [0.2, 0.25) is 5.91 Å². The van der Waals surface area contributed by atoms with Crippen molar-refractivity contribution in [3.63, 3.8) is 0 Å². The lowest BCUT2D eigenvalue weighted by Crippen LogP contribution is -2.52. The van der Waals surface area contributed by atoms with E-state index in [9.17, 15) is 9.59 Å². The molecule has 3 nitrogen and oxygen atoms in total. The summed E-state index contributed by atoms with van der Waals surface area (Å²) in [5, 5.41) is 3.19. The molecule has 3 aliphatic rings. The van der Waals surface area contributed by atoms with Crippen LogP contribution >= 0.6 is 0 Å². The number of hydrogen-bond donors (Lipinski definition) is 1. The third-order valence-electron chi connectivity index (χ3n) is 8.03. The van der Waals surface area contributed by atoms with E-state index in [1.165, 1.54) is 24.8 Å². The number of carbonyl (C=O) groups is 2. The molecule has 6 atom stereocenters. The Morgan fingerprint density at radius 1 is 0.848 bits per heavy atom. The first-order valence-corrected chi connectivity index (χ1v) is 12.7. The van der Waals surface area contributed by atoms with Crippen molar-refractivity contribution in [1.82, 2.24) is 5.32 Å². The number of ketones is 1. The summed E-state index contributed by atoms with van der Waals surface area (Å²) in [7, 11) is 0. The van der Waals surface area contributed by atoms with E-state index in [4.69, 9.17) is 0 Å². The van der Waals surface area contributed by atoms with Gasteiger partial charge in [0.1, 0.15) is 0 Å². The Morgan fingerprint density at radius 2 is 1.42 bits per heavy atom. The van der Waals surface area contributed by atoms with Crippen molar-refractivity contribution in [2.75, 3.05) is 0 Å². The third-order valence-corrected chi connectivity index (χ3v) is 8.03. The second kappa shape index (κ2) is 11.6. The predicted molar refractivity (Wildman–Crippen MR) is 137 cm³/mol. The lowest BCUT2D eigenvalue weighted by atomic mass is 9.50. The number of allylic oxidation sites excluding steroid dienone is 5. The highest BCUT2D eigenvalue weighted by Crippen LogP contribution is 2.59. The molecule has 3 heteroatoms. The van der Waals surface area contributed by atoms with Gasteiger partial charge in [-0.1, -0.05) is 93.5 Å². The number of nitrogens with one attached hydrogen (secondary N) is 1. The SMILES string of the molecule is C=C1C(C)[C@@H]2/C=C/CCCCCC/C=C/C(=O)C[C@]23C(=O)N[C@@H](C)C3[C@@H]1C.c1ccccc1. The first-order chi connectivity index (χ1) is 15.9. The highest BCUT2D eigenvalue weighted by Gasteiger charge is 2.63. The summed E-state index contributed by atoms with van der Waals surface area (Å²) in [6.45, 7) is 10.8. The van der Waals surface area contributed by atoms with E-state index in [-0.39, 0.29) is 41.4 Å². The molecule has 0 bridgehead atoms. The van der Waals surface area contributed by atoms with Gasteiger partial charge in [0, 0.05) is 18.4 Å². The summed E-state index contributed by atoms with van der Waals surface area (Å²) in [6, 6.07) is 12.1. The van der Waals surface area contributed by atoms with Crippen LogP contribution in [0, 0.1) is 29.1 Å². The number of hydrogen-bond acceptors (Lipinski definition) is 2. The van der Waals surface area contributed by atoms with Crippen LogP contribution in [0.1, 0.15) is 65.7 Å². The van der Waals surface area contributed by atoms with Gasteiger partial charge in [-0.25, -0.2) is 0 Å². The molecule has 33 heavy (non-hydrogen) atoms. The minimum absolute atomic E-state index is 0.0384. The molecule has 1 saturated carbocycles. The van der Waals surface area contributed by atoms with Crippen LogP contribution in [0.4, 0.5) is 0 Å². The third kappa shape index (κ3) is 5.57. The summed E-state index contributed by atoms with van der Waals surface area (Å²) >= 11 is 0. The largest absolute Gasteiger partial charge is 0.353 e. The molecule has 1 amide bonds. The average molecular weight is 448 g/mol. The Morgan fingerprint density at radius 3 is 2.03 bits per heavy atom. The lowest BCUT2D eigenvalue weighted by molar-refractivity contribution is -0.139. The molecule has 1 aromatic carbocycles. The molecule has 178 valence electrons. The molecule has 1 aliphatic heterocycles. The molecule has 0 aromatic heterocycles. The number of amides is 1. The standard InChI is InChI=1S/C24H35NO2.C6H6/c1-16-17(2)21-14-12-10-8-6-5-7-9-11-13-20(26)15-24(21)22(18(16)3)19(4)25-23(24)27;1-2-4-6-5-3-1/h11-14,17-19,21-22H,1,5-10,15H2,2-4H3,(H,25,27);1-6H/b13-11+,14-12+;/t17?,18-,19+,21+,22?,24+;/m1./s1. The van der Waals surface area contributed by atoms with Gasteiger partial charge in [0.25, 0.3) is 0 Å². The molecule has 0 radical (unpaired) electrons. The first-order valence-electron chi connectivity index (χ1n) is 12.7. The zero-order valence-electron chi connectivity index (χ0n) is 20.6. The molecule has 2 aliphatic carbocycles. The molecule has 1 saturated heterocycles. The molecule has 2 unspecified atom stereocenters. The van der Waals surface area contributed by atoms with Crippen molar-refractivity contribution in [3.8, 4) is 0 Å². The van der Waals surface area contributed by atoms with Gasteiger partial charge in [-0.2, -0.15) is 0 Å². The Hall–Kier alpha value is -2.42. The topological polar surface area (TPSA) is 46.2 Å². The van der Waals surface area contributed by atoms with E-state index in [0.717, 1.165) is 19.3 Å². The molecule has 2 fully saturated rings. The second-order valence-corrected chi connectivity index (χ2v) is 10.1. The average Bonchev–Trinajstić information content (AvgIpc) is 3.06. The number of carbonyl (C=O) groups excluding carboxylic acids is 2. The van der Waals surface area contributed by atoms with Crippen LogP contribution in [0.3, 0.4) is 0 Å². The fourth-order valence-electron chi connectivity index (χ4n) is 6.33. The zero-order chi connectivity index (χ0) is 23.8. The van der Waals surface area contributed by atoms with Crippen LogP contribution in [-0.4, -0.2) is 17.7 Å². The quantitative estimate of drug-likeness (QED) is 0.451. The van der Waals surface area contributed by atoms with E-state index in [1.807, 2.05) is 42.5 Å². The van der Waals surface area contributed by atoms with Gasteiger partial charge in [0.05, 0.1) is 5.41 Å². The van der Waals surface area contributed by atoms with Crippen molar-refractivity contribution in [1.29, 1.82) is 0 Å². The Labute approximate surface area is 200 Å². The summed E-state index contributed by atoms with van der Waals surface area (Å²) < 4.78 is 0. The van der Waals surface area contributed by atoms with Crippen LogP contribution in [0.2, 0.25) is 0 Å². The fraction of sp³-hybridized carbons (Fsp3) is 0.533. The Kier molecular flexibility index (Phi) is 8.88. The Balaban J connectivity index is 0.000000442. The normalized spacial score (nSPS) is 36.8. The first kappa shape index (κ1) is 25.2. The fourth-order valence-corrected chi connectivity index (χ4v) is 6.33. The Bertz CT molecular complexity index is 844. The maximum absolute atomic E-state index is 13.3. The van der Waals surface area contributed by atoms with Gasteiger partial charge >= 0.3 is 0 Å².